The molecule has 3 N–H and O–H groups in total. The first-order chi connectivity index (χ1) is 4.20. The summed E-state index contributed by atoms with van der Waals surface area (Å²) in [5.41, 5.74) is 5.19. The molecule has 1 heterocycles. The Balaban J connectivity index is 3.17. The Morgan fingerprint density at radius 1 is 1.67 bits per heavy atom. The molecular weight excluding hydrogens is 136 g/mol. The lowest BCUT2D eigenvalue weighted by Gasteiger charge is -1.95. The van der Waals surface area contributed by atoms with Gasteiger partial charge in [-0.25, -0.2) is 4.98 Å². The van der Waals surface area contributed by atoms with E-state index in [9.17, 15) is 0 Å². The lowest BCUT2D eigenvalue weighted by Crippen LogP contribution is -1.88. The first-order valence-electron chi connectivity index (χ1n) is 2.33. The molecule has 0 aliphatic rings. The van der Waals surface area contributed by atoms with Crippen molar-refractivity contribution >= 4 is 18.4 Å². The highest BCUT2D eigenvalue weighted by Crippen LogP contribution is 2.18. The number of pyridine rings is 1. The van der Waals surface area contributed by atoms with Crippen LogP contribution in [0.25, 0.3) is 0 Å². The second kappa shape index (κ2) is 2.14. The van der Waals surface area contributed by atoms with E-state index in [4.69, 9.17) is 10.8 Å². The maximum Gasteiger partial charge on any atom is 0.165 e. The van der Waals surface area contributed by atoms with Crippen LogP contribution in [0.4, 0.5) is 5.82 Å². The zero-order chi connectivity index (χ0) is 6.85. The van der Waals surface area contributed by atoms with E-state index in [1.807, 2.05) is 0 Å². The number of thiol groups is 1. The number of aromatic nitrogens is 1. The molecule has 0 saturated heterocycles. The maximum absolute atomic E-state index is 8.86. The van der Waals surface area contributed by atoms with Gasteiger partial charge in [-0.15, -0.1) is 12.6 Å². The predicted molar refractivity (Wildman–Crippen MR) is 37.6 cm³/mol. The quantitative estimate of drug-likeness (QED) is 0.466. The summed E-state index contributed by atoms with van der Waals surface area (Å²) in [6.45, 7) is 0. The lowest BCUT2D eigenvalue weighted by atomic mass is 10.4. The summed E-state index contributed by atoms with van der Waals surface area (Å²) in [4.78, 5) is 4.23. The number of hydrogen-bond donors (Lipinski definition) is 3. The van der Waals surface area contributed by atoms with Crippen LogP contribution in [0.5, 0.6) is 5.75 Å². The second-order valence-corrected chi connectivity index (χ2v) is 2.11. The molecule has 0 aliphatic heterocycles. The number of nitrogen functional groups attached to an aromatic ring is 1. The standard InChI is InChI=1S/C5H6N2OS/c6-5-4(8)1-3(9)2-7-5/h1-2,8-9H,(H2,6,7). The van der Waals surface area contributed by atoms with E-state index in [-0.39, 0.29) is 11.6 Å². The average molecular weight is 142 g/mol. The van der Waals surface area contributed by atoms with Gasteiger partial charge in [-0.1, -0.05) is 0 Å². The van der Waals surface area contributed by atoms with Gasteiger partial charge in [-0.2, -0.15) is 0 Å². The molecule has 0 radical (unpaired) electrons. The first-order valence-corrected chi connectivity index (χ1v) is 2.78. The van der Waals surface area contributed by atoms with Crippen molar-refractivity contribution in [1.82, 2.24) is 4.98 Å². The highest BCUT2D eigenvalue weighted by molar-refractivity contribution is 7.80. The number of nitrogens with two attached hydrogens (primary N) is 1. The van der Waals surface area contributed by atoms with E-state index < -0.39 is 0 Å². The Hall–Kier alpha value is -0.900. The second-order valence-electron chi connectivity index (χ2n) is 1.60. The zero-order valence-corrected chi connectivity index (χ0v) is 5.47. The molecule has 0 unspecified atom stereocenters. The topological polar surface area (TPSA) is 59.1 Å². The van der Waals surface area contributed by atoms with Crippen LogP contribution in [0.3, 0.4) is 0 Å². The minimum Gasteiger partial charge on any atom is -0.504 e. The maximum atomic E-state index is 8.86. The van der Waals surface area contributed by atoms with Crippen LogP contribution in [0, 0.1) is 0 Å². The highest BCUT2D eigenvalue weighted by Gasteiger charge is 1.95. The average Bonchev–Trinajstić information content (AvgIpc) is 1.80. The molecule has 0 fully saturated rings. The fourth-order valence-electron chi connectivity index (χ4n) is 0.453. The molecule has 48 valence electrons. The Morgan fingerprint density at radius 3 is 2.78 bits per heavy atom. The van der Waals surface area contributed by atoms with Crippen LogP contribution in [0.2, 0.25) is 0 Å². The minimum absolute atomic E-state index is 0.0255. The third-order valence-corrected chi connectivity index (χ3v) is 1.13. The molecule has 1 rings (SSSR count). The van der Waals surface area contributed by atoms with Gasteiger partial charge < -0.3 is 10.8 Å². The van der Waals surface area contributed by atoms with Gasteiger partial charge in [0, 0.05) is 11.1 Å². The largest absolute Gasteiger partial charge is 0.504 e. The van der Waals surface area contributed by atoms with Crippen molar-refractivity contribution in [2.45, 2.75) is 4.90 Å². The van der Waals surface area contributed by atoms with Crippen molar-refractivity contribution in [2.75, 3.05) is 5.73 Å². The molecule has 0 aromatic carbocycles. The van der Waals surface area contributed by atoms with Crippen molar-refractivity contribution in [2.24, 2.45) is 0 Å². The Morgan fingerprint density at radius 2 is 2.33 bits per heavy atom. The van der Waals surface area contributed by atoms with Crippen molar-refractivity contribution in [3.63, 3.8) is 0 Å². The van der Waals surface area contributed by atoms with Gasteiger partial charge in [0.25, 0.3) is 0 Å². The van der Waals surface area contributed by atoms with E-state index in [0.29, 0.717) is 4.90 Å². The molecule has 4 heteroatoms. The molecular formula is C5H6N2OS. The summed E-state index contributed by atoms with van der Waals surface area (Å²) in [6, 6.07) is 1.44. The molecule has 3 nitrogen and oxygen atoms in total. The number of anilines is 1. The molecule has 0 spiro atoms. The van der Waals surface area contributed by atoms with Gasteiger partial charge in [-0.05, 0) is 6.07 Å². The third kappa shape index (κ3) is 1.26. The first kappa shape index (κ1) is 6.22. The lowest BCUT2D eigenvalue weighted by molar-refractivity contribution is 0.474. The van der Waals surface area contributed by atoms with Crippen molar-refractivity contribution in [3.05, 3.63) is 12.3 Å². The summed E-state index contributed by atoms with van der Waals surface area (Å²) in [7, 11) is 0. The van der Waals surface area contributed by atoms with Gasteiger partial charge in [0.05, 0.1) is 0 Å². The van der Waals surface area contributed by atoms with E-state index in [0.717, 1.165) is 0 Å². The fraction of sp³-hybridized carbons (Fsp3) is 0. The molecule has 0 saturated carbocycles. The van der Waals surface area contributed by atoms with Gasteiger partial charge in [-0.3, -0.25) is 0 Å². The predicted octanol–water partition coefficient (Wildman–Crippen LogP) is 0.658. The molecule has 1 aromatic rings. The normalized spacial score (nSPS) is 9.44. The van der Waals surface area contributed by atoms with Crippen LogP contribution >= 0.6 is 12.6 Å². The number of nitrogens with zero attached hydrogens (tertiary/aromatic N) is 1. The fourth-order valence-corrected chi connectivity index (χ4v) is 0.633. The minimum atomic E-state index is -0.0255. The van der Waals surface area contributed by atoms with Gasteiger partial charge in [0.1, 0.15) is 0 Å². The van der Waals surface area contributed by atoms with E-state index in [2.05, 4.69) is 17.6 Å². The van der Waals surface area contributed by atoms with Gasteiger partial charge in [0.15, 0.2) is 11.6 Å². The molecule has 1 aromatic heterocycles. The number of hydrogen-bond acceptors (Lipinski definition) is 4. The van der Waals surface area contributed by atoms with E-state index in [1.165, 1.54) is 12.3 Å². The SMILES string of the molecule is Nc1ncc(S)cc1O. The molecule has 0 atom stereocenters. The summed E-state index contributed by atoms with van der Waals surface area (Å²) in [5.74, 6) is 0.107. The van der Waals surface area contributed by atoms with Crippen LogP contribution < -0.4 is 5.73 Å². The number of rotatable bonds is 0. The summed E-state index contributed by atoms with van der Waals surface area (Å²) in [6.07, 6.45) is 1.47. The van der Waals surface area contributed by atoms with Crippen LogP contribution in [-0.4, -0.2) is 10.1 Å². The van der Waals surface area contributed by atoms with Crippen LogP contribution in [0.15, 0.2) is 17.2 Å². The number of aromatic hydroxyl groups is 1. The van der Waals surface area contributed by atoms with Gasteiger partial charge >= 0.3 is 0 Å². The molecule has 0 bridgehead atoms. The third-order valence-electron chi connectivity index (χ3n) is 0.883. The van der Waals surface area contributed by atoms with Crippen molar-refractivity contribution in [3.8, 4) is 5.75 Å². The van der Waals surface area contributed by atoms with Crippen LogP contribution in [-0.2, 0) is 0 Å². The monoisotopic (exact) mass is 142 g/mol. The Bertz CT molecular complexity index is 226. The molecule has 0 aliphatic carbocycles. The van der Waals surface area contributed by atoms with Crippen molar-refractivity contribution in [1.29, 1.82) is 0 Å². The Labute approximate surface area is 57.9 Å². The van der Waals surface area contributed by atoms with E-state index in [1.54, 1.807) is 0 Å². The van der Waals surface area contributed by atoms with E-state index >= 15 is 0 Å². The zero-order valence-electron chi connectivity index (χ0n) is 4.57. The summed E-state index contributed by atoms with van der Waals surface area (Å²) >= 11 is 3.92. The summed E-state index contributed by atoms with van der Waals surface area (Å²) < 4.78 is 0. The highest BCUT2D eigenvalue weighted by atomic mass is 32.1. The molecule has 0 amide bonds. The Kier molecular flexibility index (Phi) is 1.48. The van der Waals surface area contributed by atoms with Crippen molar-refractivity contribution < 1.29 is 5.11 Å². The smallest absolute Gasteiger partial charge is 0.165 e. The summed E-state index contributed by atoms with van der Waals surface area (Å²) in [5, 5.41) is 8.86. The molecule has 9 heavy (non-hydrogen) atoms. The van der Waals surface area contributed by atoms with Gasteiger partial charge in [0.2, 0.25) is 0 Å². The van der Waals surface area contributed by atoms with Crippen LogP contribution in [0.1, 0.15) is 0 Å².